The Labute approximate surface area is 151 Å². The van der Waals surface area contributed by atoms with Crippen LogP contribution in [0.1, 0.15) is 5.56 Å². The SMILES string of the molecule is O=S(=O)(NCc1ccc(-n2cccn2)cc1)c1ccc2c(c1)OCCO2. The van der Waals surface area contributed by atoms with E-state index in [9.17, 15) is 8.42 Å². The van der Waals surface area contributed by atoms with E-state index in [4.69, 9.17) is 9.47 Å². The highest BCUT2D eigenvalue weighted by Gasteiger charge is 2.19. The molecule has 0 atom stereocenters. The summed E-state index contributed by atoms with van der Waals surface area (Å²) in [5.41, 5.74) is 1.76. The molecule has 2 heterocycles. The standard InChI is InChI=1S/C18H17N3O4S/c22-26(23,16-6-7-17-18(12-16)25-11-10-24-17)20-13-14-2-4-15(5-3-14)21-9-1-8-19-21/h1-9,12,20H,10-11,13H2. The molecule has 0 amide bonds. The molecule has 1 aromatic heterocycles. The normalized spacial score (nSPS) is 13.5. The molecule has 2 aromatic carbocycles. The fourth-order valence-electron chi connectivity index (χ4n) is 2.64. The van der Waals surface area contributed by atoms with E-state index in [1.54, 1.807) is 16.9 Å². The van der Waals surface area contributed by atoms with Crippen LogP contribution in [-0.4, -0.2) is 31.4 Å². The lowest BCUT2D eigenvalue weighted by atomic mass is 10.2. The van der Waals surface area contributed by atoms with E-state index < -0.39 is 10.0 Å². The van der Waals surface area contributed by atoms with Crippen molar-refractivity contribution in [3.8, 4) is 17.2 Å². The molecular formula is C18H17N3O4S. The minimum absolute atomic E-state index is 0.148. The van der Waals surface area contributed by atoms with Crippen LogP contribution < -0.4 is 14.2 Å². The lowest BCUT2D eigenvalue weighted by Gasteiger charge is -2.19. The van der Waals surface area contributed by atoms with Crippen LogP contribution in [0.25, 0.3) is 5.69 Å². The van der Waals surface area contributed by atoms with Gasteiger partial charge in [-0.05, 0) is 35.9 Å². The smallest absolute Gasteiger partial charge is 0.241 e. The summed E-state index contributed by atoms with van der Waals surface area (Å²) in [6, 6.07) is 14.0. The van der Waals surface area contributed by atoms with Gasteiger partial charge in [-0.1, -0.05) is 12.1 Å². The van der Waals surface area contributed by atoms with Gasteiger partial charge in [-0.2, -0.15) is 5.10 Å². The second-order valence-electron chi connectivity index (χ2n) is 5.75. The van der Waals surface area contributed by atoms with Crippen molar-refractivity contribution in [3.05, 3.63) is 66.5 Å². The Morgan fingerprint density at radius 2 is 1.81 bits per heavy atom. The van der Waals surface area contributed by atoms with E-state index >= 15 is 0 Å². The van der Waals surface area contributed by atoms with Crippen molar-refractivity contribution in [2.24, 2.45) is 0 Å². The minimum Gasteiger partial charge on any atom is -0.486 e. The van der Waals surface area contributed by atoms with Gasteiger partial charge in [-0.25, -0.2) is 17.8 Å². The van der Waals surface area contributed by atoms with E-state index in [2.05, 4.69) is 9.82 Å². The number of nitrogens with zero attached hydrogens (tertiary/aromatic N) is 2. The monoisotopic (exact) mass is 371 g/mol. The number of fused-ring (bicyclic) bond motifs is 1. The largest absolute Gasteiger partial charge is 0.486 e. The predicted molar refractivity (Wildman–Crippen MR) is 95.0 cm³/mol. The Bertz CT molecular complexity index is 999. The summed E-state index contributed by atoms with van der Waals surface area (Å²) >= 11 is 0. The number of aromatic nitrogens is 2. The number of sulfonamides is 1. The van der Waals surface area contributed by atoms with Gasteiger partial charge in [0.25, 0.3) is 0 Å². The second kappa shape index (κ2) is 6.81. The molecule has 26 heavy (non-hydrogen) atoms. The average Bonchev–Trinajstić information content (AvgIpc) is 3.21. The average molecular weight is 371 g/mol. The lowest BCUT2D eigenvalue weighted by Crippen LogP contribution is -2.23. The molecule has 1 N–H and O–H groups in total. The van der Waals surface area contributed by atoms with E-state index in [-0.39, 0.29) is 11.4 Å². The second-order valence-corrected chi connectivity index (χ2v) is 7.51. The zero-order valence-corrected chi connectivity index (χ0v) is 14.6. The molecular weight excluding hydrogens is 354 g/mol. The summed E-state index contributed by atoms with van der Waals surface area (Å²) in [4.78, 5) is 0.148. The Morgan fingerprint density at radius 3 is 2.54 bits per heavy atom. The zero-order valence-electron chi connectivity index (χ0n) is 13.8. The highest BCUT2D eigenvalue weighted by Crippen LogP contribution is 2.32. The first kappa shape index (κ1) is 16.6. The van der Waals surface area contributed by atoms with Crippen molar-refractivity contribution in [1.82, 2.24) is 14.5 Å². The Hall–Kier alpha value is -2.84. The number of hydrogen-bond donors (Lipinski definition) is 1. The topological polar surface area (TPSA) is 82.5 Å². The first-order valence-corrected chi connectivity index (χ1v) is 9.58. The van der Waals surface area contributed by atoms with Crippen LogP contribution in [0.3, 0.4) is 0 Å². The Balaban J connectivity index is 1.46. The number of hydrogen-bond acceptors (Lipinski definition) is 5. The van der Waals surface area contributed by atoms with Gasteiger partial charge in [-0.3, -0.25) is 0 Å². The molecule has 0 saturated carbocycles. The van der Waals surface area contributed by atoms with Crippen molar-refractivity contribution in [3.63, 3.8) is 0 Å². The van der Waals surface area contributed by atoms with E-state index in [0.29, 0.717) is 24.7 Å². The number of nitrogens with one attached hydrogen (secondary N) is 1. The third-order valence-corrected chi connectivity index (χ3v) is 5.39. The van der Waals surface area contributed by atoms with Gasteiger partial charge in [0.2, 0.25) is 10.0 Å². The molecule has 0 radical (unpaired) electrons. The lowest BCUT2D eigenvalue weighted by molar-refractivity contribution is 0.171. The van der Waals surface area contributed by atoms with Crippen molar-refractivity contribution in [2.75, 3.05) is 13.2 Å². The highest BCUT2D eigenvalue weighted by atomic mass is 32.2. The van der Waals surface area contributed by atoms with Crippen LogP contribution in [0, 0.1) is 0 Å². The molecule has 4 rings (SSSR count). The summed E-state index contributed by atoms with van der Waals surface area (Å²) < 4.78 is 40.3. The van der Waals surface area contributed by atoms with Crippen LogP contribution in [0.5, 0.6) is 11.5 Å². The van der Waals surface area contributed by atoms with E-state index in [0.717, 1.165) is 11.3 Å². The third-order valence-electron chi connectivity index (χ3n) is 4.00. The molecule has 8 heteroatoms. The maximum absolute atomic E-state index is 12.5. The molecule has 0 unspecified atom stereocenters. The molecule has 0 bridgehead atoms. The maximum Gasteiger partial charge on any atom is 0.241 e. The summed E-state index contributed by atoms with van der Waals surface area (Å²) in [5, 5.41) is 4.16. The van der Waals surface area contributed by atoms with Crippen LogP contribution >= 0.6 is 0 Å². The summed E-state index contributed by atoms with van der Waals surface area (Å²) in [5.74, 6) is 1.01. The van der Waals surface area contributed by atoms with Crippen molar-refractivity contribution in [2.45, 2.75) is 11.4 Å². The molecule has 0 aliphatic carbocycles. The molecule has 0 fully saturated rings. The fraction of sp³-hybridized carbons (Fsp3) is 0.167. The van der Waals surface area contributed by atoms with Gasteiger partial charge in [0.15, 0.2) is 11.5 Å². The van der Waals surface area contributed by atoms with Gasteiger partial charge in [0.1, 0.15) is 13.2 Å². The zero-order chi connectivity index (χ0) is 18.0. The molecule has 7 nitrogen and oxygen atoms in total. The molecule has 134 valence electrons. The highest BCUT2D eigenvalue weighted by molar-refractivity contribution is 7.89. The van der Waals surface area contributed by atoms with Gasteiger partial charge in [-0.15, -0.1) is 0 Å². The fourth-order valence-corrected chi connectivity index (χ4v) is 3.67. The van der Waals surface area contributed by atoms with Crippen LogP contribution in [0.15, 0.2) is 65.8 Å². The van der Waals surface area contributed by atoms with Crippen molar-refractivity contribution >= 4 is 10.0 Å². The Kier molecular flexibility index (Phi) is 4.36. The number of benzene rings is 2. The van der Waals surface area contributed by atoms with Crippen molar-refractivity contribution in [1.29, 1.82) is 0 Å². The first-order valence-electron chi connectivity index (χ1n) is 8.10. The van der Waals surface area contributed by atoms with Gasteiger partial charge < -0.3 is 9.47 Å². The third kappa shape index (κ3) is 3.42. The molecule has 3 aromatic rings. The van der Waals surface area contributed by atoms with Gasteiger partial charge >= 0.3 is 0 Å². The number of ether oxygens (including phenoxy) is 2. The summed E-state index contributed by atoms with van der Waals surface area (Å²) in [6.07, 6.45) is 3.55. The van der Waals surface area contributed by atoms with Crippen molar-refractivity contribution < 1.29 is 17.9 Å². The quantitative estimate of drug-likeness (QED) is 0.743. The van der Waals surface area contributed by atoms with E-state index in [1.807, 2.05) is 36.5 Å². The summed E-state index contributed by atoms with van der Waals surface area (Å²) in [6.45, 7) is 1.06. The first-order chi connectivity index (χ1) is 12.6. The van der Waals surface area contributed by atoms with Gasteiger partial charge in [0, 0.05) is 25.0 Å². The molecule has 1 aliphatic heterocycles. The maximum atomic E-state index is 12.5. The van der Waals surface area contributed by atoms with Crippen LogP contribution in [-0.2, 0) is 16.6 Å². The number of rotatable bonds is 5. The minimum atomic E-state index is -3.65. The van der Waals surface area contributed by atoms with Crippen LogP contribution in [0.2, 0.25) is 0 Å². The van der Waals surface area contributed by atoms with E-state index in [1.165, 1.54) is 12.1 Å². The molecule has 0 spiro atoms. The molecule has 1 aliphatic rings. The predicted octanol–water partition coefficient (Wildman–Crippen LogP) is 2.12. The van der Waals surface area contributed by atoms with Gasteiger partial charge in [0.05, 0.1) is 10.6 Å². The Morgan fingerprint density at radius 1 is 1.04 bits per heavy atom. The molecule has 0 saturated heterocycles. The summed E-state index contributed by atoms with van der Waals surface area (Å²) in [7, 11) is -3.65. The van der Waals surface area contributed by atoms with Crippen LogP contribution in [0.4, 0.5) is 0 Å².